The number of anilines is 1. The second-order valence-corrected chi connectivity index (χ2v) is 8.05. The Balaban J connectivity index is 1.23. The van der Waals surface area contributed by atoms with E-state index in [1.54, 1.807) is 0 Å². The SMILES string of the molecule is CN(C(=O)CC1CCCO1)C1CN(c2ccc3nnc(C4CCC4)n3n2)C1. The van der Waals surface area contributed by atoms with Crippen LogP contribution in [0.2, 0.25) is 0 Å². The minimum absolute atomic E-state index is 0.110. The van der Waals surface area contributed by atoms with Gasteiger partial charge in [-0.15, -0.1) is 15.3 Å². The first kappa shape index (κ1) is 16.9. The standard InChI is InChI=1S/C19H26N6O2/c1-23(18(26)10-15-6-3-9-27-15)14-11-24(12-14)17-8-7-16-20-21-19(25(16)22-17)13-4-2-5-13/h7-8,13-15H,2-6,9-12H2,1H3. The Bertz CT molecular complexity index is 836. The Hall–Kier alpha value is -2.22. The van der Waals surface area contributed by atoms with Crippen LogP contribution in [0.15, 0.2) is 12.1 Å². The van der Waals surface area contributed by atoms with Crippen molar-refractivity contribution >= 4 is 17.4 Å². The molecule has 1 unspecified atom stereocenters. The number of likely N-dealkylation sites (N-methyl/N-ethyl adjacent to an activating group) is 1. The van der Waals surface area contributed by atoms with Gasteiger partial charge in [0.2, 0.25) is 5.91 Å². The first-order valence-electron chi connectivity index (χ1n) is 10.0. The molecular formula is C19H26N6O2. The number of carbonyl (C=O) groups excluding carboxylic acids is 1. The minimum atomic E-state index is 0.110. The molecule has 1 amide bonds. The molecule has 3 fully saturated rings. The number of carbonyl (C=O) groups is 1. The van der Waals surface area contributed by atoms with Gasteiger partial charge in [0.25, 0.3) is 0 Å². The Labute approximate surface area is 158 Å². The number of hydrogen-bond donors (Lipinski definition) is 0. The maximum absolute atomic E-state index is 12.5. The molecule has 1 aliphatic carbocycles. The molecule has 144 valence electrons. The molecule has 2 aromatic rings. The fraction of sp³-hybridized carbons (Fsp3) is 0.684. The fourth-order valence-electron chi connectivity index (χ4n) is 4.12. The summed E-state index contributed by atoms with van der Waals surface area (Å²) in [7, 11) is 1.91. The fourth-order valence-corrected chi connectivity index (χ4v) is 4.12. The van der Waals surface area contributed by atoms with Gasteiger partial charge < -0.3 is 14.5 Å². The van der Waals surface area contributed by atoms with E-state index in [9.17, 15) is 4.79 Å². The highest BCUT2D eigenvalue weighted by molar-refractivity contribution is 5.77. The van der Waals surface area contributed by atoms with E-state index in [4.69, 9.17) is 9.84 Å². The first-order chi connectivity index (χ1) is 13.2. The van der Waals surface area contributed by atoms with Crippen molar-refractivity contribution in [3.05, 3.63) is 18.0 Å². The van der Waals surface area contributed by atoms with Crippen LogP contribution in [0.5, 0.6) is 0 Å². The lowest BCUT2D eigenvalue weighted by atomic mass is 9.85. The number of ether oxygens (including phenoxy) is 1. The Morgan fingerprint density at radius 1 is 1.22 bits per heavy atom. The van der Waals surface area contributed by atoms with Crippen molar-refractivity contribution in [2.24, 2.45) is 0 Å². The molecule has 0 aromatic carbocycles. The second kappa shape index (κ2) is 6.74. The summed E-state index contributed by atoms with van der Waals surface area (Å²) in [4.78, 5) is 16.6. The average molecular weight is 370 g/mol. The molecule has 1 atom stereocenters. The smallest absolute Gasteiger partial charge is 0.225 e. The summed E-state index contributed by atoms with van der Waals surface area (Å²) in [6.45, 7) is 2.42. The van der Waals surface area contributed by atoms with Gasteiger partial charge in [-0.05, 0) is 37.8 Å². The van der Waals surface area contributed by atoms with Crippen molar-refractivity contribution in [3.8, 4) is 0 Å². The predicted molar refractivity (Wildman–Crippen MR) is 99.7 cm³/mol. The van der Waals surface area contributed by atoms with Crippen molar-refractivity contribution in [2.45, 2.75) is 56.6 Å². The predicted octanol–water partition coefficient (Wildman–Crippen LogP) is 1.61. The van der Waals surface area contributed by atoms with Crippen LogP contribution in [0, 0.1) is 0 Å². The van der Waals surface area contributed by atoms with E-state index in [1.165, 1.54) is 19.3 Å². The lowest BCUT2D eigenvalue weighted by Gasteiger charge is -2.44. The van der Waals surface area contributed by atoms with Crippen LogP contribution in [-0.4, -0.2) is 69.5 Å². The molecule has 2 aromatic heterocycles. The van der Waals surface area contributed by atoms with Gasteiger partial charge in [0.05, 0.1) is 18.6 Å². The van der Waals surface area contributed by atoms with E-state index in [0.717, 1.165) is 49.8 Å². The van der Waals surface area contributed by atoms with Crippen molar-refractivity contribution in [3.63, 3.8) is 0 Å². The molecule has 0 spiro atoms. The van der Waals surface area contributed by atoms with E-state index in [0.29, 0.717) is 12.3 Å². The third-order valence-electron chi connectivity index (χ3n) is 6.30. The third kappa shape index (κ3) is 3.05. The van der Waals surface area contributed by atoms with Gasteiger partial charge in [-0.2, -0.15) is 4.52 Å². The molecule has 4 heterocycles. The number of nitrogens with zero attached hydrogens (tertiary/aromatic N) is 6. The average Bonchev–Trinajstić information content (AvgIpc) is 3.22. The first-order valence-corrected chi connectivity index (χ1v) is 10.0. The van der Waals surface area contributed by atoms with Gasteiger partial charge >= 0.3 is 0 Å². The van der Waals surface area contributed by atoms with Gasteiger partial charge in [0.15, 0.2) is 11.5 Å². The number of hydrogen-bond acceptors (Lipinski definition) is 6. The molecule has 1 saturated carbocycles. The summed E-state index contributed by atoms with van der Waals surface area (Å²) in [5.74, 6) is 2.59. The molecule has 0 N–H and O–H groups in total. The van der Waals surface area contributed by atoms with Crippen LogP contribution in [0.3, 0.4) is 0 Å². The van der Waals surface area contributed by atoms with Crippen LogP contribution in [0.25, 0.3) is 5.65 Å². The van der Waals surface area contributed by atoms with E-state index in [1.807, 2.05) is 28.6 Å². The van der Waals surface area contributed by atoms with E-state index < -0.39 is 0 Å². The van der Waals surface area contributed by atoms with Crippen molar-refractivity contribution in [1.82, 2.24) is 24.7 Å². The van der Waals surface area contributed by atoms with Crippen LogP contribution < -0.4 is 4.90 Å². The van der Waals surface area contributed by atoms with Crippen LogP contribution >= 0.6 is 0 Å². The van der Waals surface area contributed by atoms with Crippen LogP contribution in [-0.2, 0) is 9.53 Å². The summed E-state index contributed by atoms with van der Waals surface area (Å²) in [6, 6.07) is 4.22. The van der Waals surface area contributed by atoms with Crippen LogP contribution in [0.4, 0.5) is 5.82 Å². The quantitative estimate of drug-likeness (QED) is 0.796. The van der Waals surface area contributed by atoms with E-state index >= 15 is 0 Å². The Kier molecular flexibility index (Phi) is 4.22. The van der Waals surface area contributed by atoms with Gasteiger partial charge in [-0.3, -0.25) is 4.79 Å². The van der Waals surface area contributed by atoms with E-state index in [-0.39, 0.29) is 18.1 Å². The molecule has 2 aliphatic heterocycles. The largest absolute Gasteiger partial charge is 0.378 e. The summed E-state index contributed by atoms with van der Waals surface area (Å²) >= 11 is 0. The maximum atomic E-state index is 12.5. The summed E-state index contributed by atoms with van der Waals surface area (Å²) in [5, 5.41) is 13.4. The Morgan fingerprint density at radius 3 is 2.78 bits per heavy atom. The zero-order valence-corrected chi connectivity index (χ0v) is 15.8. The van der Waals surface area contributed by atoms with Crippen molar-refractivity contribution in [2.75, 3.05) is 31.6 Å². The molecule has 8 heteroatoms. The van der Waals surface area contributed by atoms with Gasteiger partial charge in [-0.25, -0.2) is 0 Å². The maximum Gasteiger partial charge on any atom is 0.225 e. The summed E-state index contributed by atoms with van der Waals surface area (Å²) < 4.78 is 7.49. The number of rotatable bonds is 5. The molecule has 27 heavy (non-hydrogen) atoms. The van der Waals surface area contributed by atoms with Gasteiger partial charge in [0, 0.05) is 32.7 Å². The number of amides is 1. The molecule has 8 nitrogen and oxygen atoms in total. The zero-order valence-electron chi connectivity index (χ0n) is 15.8. The van der Waals surface area contributed by atoms with Crippen LogP contribution in [0.1, 0.15) is 50.3 Å². The monoisotopic (exact) mass is 370 g/mol. The molecule has 5 rings (SSSR count). The van der Waals surface area contributed by atoms with Crippen molar-refractivity contribution in [1.29, 1.82) is 0 Å². The van der Waals surface area contributed by atoms with Crippen molar-refractivity contribution < 1.29 is 9.53 Å². The minimum Gasteiger partial charge on any atom is -0.378 e. The highest BCUT2D eigenvalue weighted by Gasteiger charge is 2.35. The lowest BCUT2D eigenvalue weighted by molar-refractivity contribution is -0.134. The zero-order chi connectivity index (χ0) is 18.4. The summed E-state index contributed by atoms with van der Waals surface area (Å²) in [6.07, 6.45) is 6.30. The number of fused-ring (bicyclic) bond motifs is 1. The highest BCUT2D eigenvalue weighted by atomic mass is 16.5. The van der Waals surface area contributed by atoms with Gasteiger partial charge in [-0.1, -0.05) is 6.42 Å². The molecule has 2 saturated heterocycles. The third-order valence-corrected chi connectivity index (χ3v) is 6.30. The molecular weight excluding hydrogens is 344 g/mol. The van der Waals surface area contributed by atoms with Gasteiger partial charge in [0.1, 0.15) is 5.82 Å². The molecule has 0 bridgehead atoms. The normalized spacial score (nSPS) is 23.4. The topological polar surface area (TPSA) is 75.9 Å². The molecule has 3 aliphatic rings. The Morgan fingerprint density at radius 2 is 2.07 bits per heavy atom. The molecule has 0 radical (unpaired) electrons. The van der Waals surface area contributed by atoms with E-state index in [2.05, 4.69) is 15.1 Å². The highest BCUT2D eigenvalue weighted by Crippen LogP contribution is 2.35. The summed E-state index contributed by atoms with van der Waals surface area (Å²) in [5.41, 5.74) is 0.807. The lowest BCUT2D eigenvalue weighted by Crippen LogP contribution is -2.60. The number of aromatic nitrogens is 4. The second-order valence-electron chi connectivity index (χ2n) is 8.05.